The fourth-order valence-electron chi connectivity index (χ4n) is 4.44. The van der Waals surface area contributed by atoms with Crippen LogP contribution in [0.1, 0.15) is 31.0 Å². The first-order chi connectivity index (χ1) is 16.9. The molecule has 2 amide bonds. The Morgan fingerprint density at radius 3 is 2.71 bits per heavy atom. The summed E-state index contributed by atoms with van der Waals surface area (Å²) in [6.45, 7) is 4.25. The van der Waals surface area contributed by atoms with E-state index in [2.05, 4.69) is 10.3 Å². The zero-order valence-electron chi connectivity index (χ0n) is 19.8. The Labute approximate surface area is 208 Å². The number of ketones is 1. The largest absolute Gasteiger partial charge is 0.391 e. The summed E-state index contributed by atoms with van der Waals surface area (Å²) in [6, 6.07) is 7.16. The Kier molecular flexibility index (Phi) is 7.73. The van der Waals surface area contributed by atoms with Crippen molar-refractivity contribution in [1.82, 2.24) is 15.2 Å². The van der Waals surface area contributed by atoms with Crippen LogP contribution in [0, 0.1) is 12.8 Å². The maximum atomic E-state index is 13.2. The van der Waals surface area contributed by atoms with Gasteiger partial charge in [-0.2, -0.15) is 0 Å². The summed E-state index contributed by atoms with van der Waals surface area (Å²) in [5, 5.41) is 13.1. The molecule has 2 aliphatic rings. The van der Waals surface area contributed by atoms with E-state index in [1.807, 2.05) is 55.8 Å². The predicted octanol–water partition coefficient (Wildman–Crippen LogP) is 3.34. The van der Waals surface area contributed by atoms with Crippen molar-refractivity contribution in [3.63, 3.8) is 0 Å². The number of nitrogens with one attached hydrogen (secondary N) is 1. The van der Waals surface area contributed by atoms with Crippen LogP contribution in [0.5, 0.6) is 0 Å². The first-order valence-electron chi connectivity index (χ1n) is 11.7. The Bertz CT molecular complexity index is 1200. The number of benzene rings is 1. The monoisotopic (exact) mass is 491 g/mol. The van der Waals surface area contributed by atoms with E-state index in [-0.39, 0.29) is 37.0 Å². The smallest absolute Gasteiger partial charge is 0.243 e. The molecule has 8 heteroatoms. The van der Waals surface area contributed by atoms with Crippen molar-refractivity contribution in [2.24, 2.45) is 5.92 Å². The molecule has 35 heavy (non-hydrogen) atoms. The summed E-state index contributed by atoms with van der Waals surface area (Å²) < 4.78 is 0. The summed E-state index contributed by atoms with van der Waals surface area (Å²) in [4.78, 5) is 45.3. The average molecular weight is 492 g/mol. The number of β-amino-alcohol motifs (C(OH)–C–C–N with tert-alkyl or cyclic N) is 1. The number of carbonyl (C=O) groups is 3. The minimum Gasteiger partial charge on any atom is -0.391 e. The van der Waals surface area contributed by atoms with Gasteiger partial charge in [-0.1, -0.05) is 54.6 Å². The number of aliphatic hydroxyl groups excluding tert-OH is 1. The van der Waals surface area contributed by atoms with Gasteiger partial charge < -0.3 is 15.3 Å². The summed E-state index contributed by atoms with van der Waals surface area (Å²) in [7, 11) is 0. The highest BCUT2D eigenvalue weighted by Gasteiger charge is 2.42. The van der Waals surface area contributed by atoms with Gasteiger partial charge in [0.15, 0.2) is 5.78 Å². The maximum Gasteiger partial charge on any atom is 0.243 e. The molecule has 1 unspecified atom stereocenters. The highest BCUT2D eigenvalue weighted by molar-refractivity contribution is 7.13. The highest BCUT2D eigenvalue weighted by atomic mass is 32.1. The third kappa shape index (κ3) is 5.66. The van der Waals surface area contributed by atoms with Gasteiger partial charge in [-0.25, -0.2) is 4.98 Å². The van der Waals surface area contributed by atoms with Crippen LogP contribution in [0.4, 0.5) is 0 Å². The maximum absolute atomic E-state index is 13.2. The summed E-state index contributed by atoms with van der Waals surface area (Å²) >= 11 is 1.59. The van der Waals surface area contributed by atoms with Gasteiger partial charge in [-0.3, -0.25) is 14.4 Å². The van der Waals surface area contributed by atoms with E-state index in [0.717, 1.165) is 21.7 Å². The zero-order valence-corrected chi connectivity index (χ0v) is 20.6. The average Bonchev–Trinajstić information content (AvgIpc) is 3.56. The molecule has 2 heterocycles. The lowest BCUT2D eigenvalue weighted by Gasteiger charge is -2.25. The minimum atomic E-state index is -0.772. The fraction of sp³-hybridized carbons (Fsp3) is 0.333. The Morgan fingerprint density at radius 1 is 1.26 bits per heavy atom. The van der Waals surface area contributed by atoms with Gasteiger partial charge in [0.25, 0.3) is 0 Å². The molecule has 1 fully saturated rings. The second kappa shape index (κ2) is 10.9. The molecule has 3 atom stereocenters. The van der Waals surface area contributed by atoms with Crippen molar-refractivity contribution >= 4 is 28.9 Å². The molecule has 1 aromatic heterocycles. The number of carbonyl (C=O) groups excluding carboxylic acids is 3. The van der Waals surface area contributed by atoms with Crippen molar-refractivity contribution in [3.8, 4) is 10.4 Å². The van der Waals surface area contributed by atoms with E-state index in [0.29, 0.717) is 12.1 Å². The van der Waals surface area contributed by atoms with Crippen molar-refractivity contribution in [1.29, 1.82) is 0 Å². The van der Waals surface area contributed by atoms with Crippen LogP contribution in [0.25, 0.3) is 10.4 Å². The molecule has 0 bridgehead atoms. The number of nitrogens with zero attached hydrogens (tertiary/aromatic N) is 2. The van der Waals surface area contributed by atoms with Crippen molar-refractivity contribution in [3.05, 3.63) is 77.0 Å². The summed E-state index contributed by atoms with van der Waals surface area (Å²) in [5.74, 6) is -1.31. The molecule has 0 saturated carbocycles. The molecule has 1 aliphatic heterocycles. The van der Waals surface area contributed by atoms with Crippen LogP contribution < -0.4 is 5.32 Å². The normalized spacial score (nSPS) is 22.4. The molecular formula is C27H29N3O4S. The molecule has 1 aliphatic carbocycles. The van der Waals surface area contributed by atoms with Crippen LogP contribution in [0.3, 0.4) is 0 Å². The minimum absolute atomic E-state index is 0.0842. The van der Waals surface area contributed by atoms with Crippen LogP contribution in [-0.4, -0.2) is 51.3 Å². The number of hydrogen-bond acceptors (Lipinski definition) is 6. The number of rotatable bonds is 7. The number of amides is 2. The van der Waals surface area contributed by atoms with Gasteiger partial charge in [0.2, 0.25) is 11.8 Å². The van der Waals surface area contributed by atoms with Gasteiger partial charge in [-0.05, 0) is 25.0 Å². The first-order valence-corrected chi connectivity index (χ1v) is 12.6. The van der Waals surface area contributed by atoms with E-state index in [4.69, 9.17) is 0 Å². The Morgan fingerprint density at radius 2 is 2.03 bits per heavy atom. The molecule has 4 rings (SSSR count). The second-order valence-electron chi connectivity index (χ2n) is 8.82. The second-order valence-corrected chi connectivity index (χ2v) is 9.67. The van der Waals surface area contributed by atoms with Crippen LogP contribution in [-0.2, 0) is 20.9 Å². The van der Waals surface area contributed by atoms with Crippen molar-refractivity contribution in [2.75, 3.05) is 6.54 Å². The van der Waals surface area contributed by atoms with E-state index >= 15 is 0 Å². The molecule has 182 valence electrons. The fourth-order valence-corrected chi connectivity index (χ4v) is 5.25. The van der Waals surface area contributed by atoms with Crippen LogP contribution in [0.15, 0.2) is 65.7 Å². The first kappa shape index (κ1) is 24.8. The number of hydrogen-bond donors (Lipinski definition) is 2. The van der Waals surface area contributed by atoms with Gasteiger partial charge in [0.05, 0.1) is 28.1 Å². The third-order valence-electron chi connectivity index (χ3n) is 6.30. The standard InChI is InChI=1S/C27H29N3O4S/c1-3-4-5-6-20-11-21(12-24(20)32)27(34)30-15-22(31)13-23(30)26(33)28-14-18-7-9-19(10-8-18)25-17(2)29-16-35-25/h3-11,16,21-23,31H,12-15H2,1-2H3,(H,28,33)/b4-3-,6-5-/t21?,22-,23+/m1/s1. The summed E-state index contributed by atoms with van der Waals surface area (Å²) in [6.07, 6.45) is 8.28. The molecule has 7 nitrogen and oxygen atoms in total. The third-order valence-corrected chi connectivity index (χ3v) is 7.28. The predicted molar refractivity (Wildman–Crippen MR) is 135 cm³/mol. The van der Waals surface area contributed by atoms with Crippen LogP contribution >= 0.6 is 11.3 Å². The van der Waals surface area contributed by atoms with E-state index in [9.17, 15) is 19.5 Å². The number of aromatic nitrogens is 1. The lowest BCUT2D eigenvalue weighted by molar-refractivity contribution is -0.141. The zero-order chi connectivity index (χ0) is 24.9. The number of likely N-dealkylation sites (tertiary alicyclic amines) is 1. The number of Topliss-reactive ketones (excluding diaryl/α,β-unsaturated/α-hetero) is 1. The van der Waals surface area contributed by atoms with E-state index < -0.39 is 18.1 Å². The van der Waals surface area contributed by atoms with Gasteiger partial charge >= 0.3 is 0 Å². The Hall–Kier alpha value is -3.36. The molecule has 1 aromatic carbocycles. The lowest BCUT2D eigenvalue weighted by Crippen LogP contribution is -2.47. The van der Waals surface area contributed by atoms with E-state index in [1.165, 1.54) is 4.90 Å². The molecule has 2 aromatic rings. The van der Waals surface area contributed by atoms with Gasteiger partial charge in [0, 0.05) is 31.5 Å². The highest BCUT2D eigenvalue weighted by Crippen LogP contribution is 2.29. The lowest BCUT2D eigenvalue weighted by atomic mass is 10.1. The van der Waals surface area contributed by atoms with Crippen molar-refractivity contribution < 1.29 is 19.5 Å². The number of aryl methyl sites for hydroxylation is 1. The Balaban J connectivity index is 1.39. The molecule has 0 radical (unpaired) electrons. The van der Waals surface area contributed by atoms with Gasteiger partial charge in [0.1, 0.15) is 6.04 Å². The molecule has 2 N–H and O–H groups in total. The number of allylic oxidation sites excluding steroid dienone is 5. The molecule has 0 spiro atoms. The van der Waals surface area contributed by atoms with Crippen molar-refractivity contribution in [2.45, 2.75) is 45.4 Å². The molecular weight excluding hydrogens is 462 g/mol. The summed E-state index contributed by atoms with van der Waals surface area (Å²) in [5.41, 5.74) is 5.32. The number of aliphatic hydroxyl groups is 1. The quantitative estimate of drug-likeness (QED) is 0.579. The number of thiazole rings is 1. The topological polar surface area (TPSA) is 99.6 Å². The van der Waals surface area contributed by atoms with E-state index in [1.54, 1.807) is 29.6 Å². The van der Waals surface area contributed by atoms with Gasteiger partial charge in [-0.15, -0.1) is 11.3 Å². The van der Waals surface area contributed by atoms with Crippen LogP contribution in [0.2, 0.25) is 0 Å². The SMILES string of the molecule is C/C=C\C=C/C1=CC(C(=O)N2C[C@H](O)C[C@H]2C(=O)NCc2ccc(-c3scnc3C)cc2)CC1=O. The molecule has 1 saturated heterocycles.